The molecule has 2 aliphatic rings. The monoisotopic (exact) mass is 414 g/mol. The lowest BCUT2D eigenvalue weighted by molar-refractivity contribution is -0.131. The molecular formula is C23H21F3N2O2. The van der Waals surface area contributed by atoms with E-state index in [0.29, 0.717) is 36.0 Å². The summed E-state index contributed by atoms with van der Waals surface area (Å²) < 4.78 is 41.7. The molecule has 30 heavy (non-hydrogen) atoms. The third-order valence-corrected chi connectivity index (χ3v) is 6.34. The average Bonchev–Trinajstić information content (AvgIpc) is 3.32. The first-order valence-corrected chi connectivity index (χ1v) is 10.1. The summed E-state index contributed by atoms with van der Waals surface area (Å²) in [5.41, 5.74) is 1.23. The fourth-order valence-electron chi connectivity index (χ4n) is 4.39. The highest BCUT2D eigenvalue weighted by Crippen LogP contribution is 2.48. The van der Waals surface area contributed by atoms with Gasteiger partial charge in [0.25, 0.3) is 5.91 Å². The van der Waals surface area contributed by atoms with E-state index in [0.717, 1.165) is 24.5 Å². The van der Waals surface area contributed by atoms with E-state index in [9.17, 15) is 23.1 Å². The van der Waals surface area contributed by atoms with Crippen LogP contribution in [-0.4, -0.2) is 28.1 Å². The first kappa shape index (κ1) is 19.2. The molecule has 1 heterocycles. The van der Waals surface area contributed by atoms with Crippen LogP contribution < -0.4 is 5.32 Å². The Morgan fingerprint density at radius 1 is 1.10 bits per heavy atom. The highest BCUT2D eigenvalue weighted by molar-refractivity contribution is 5.92. The molecule has 0 unspecified atom stereocenters. The van der Waals surface area contributed by atoms with Gasteiger partial charge in [0.1, 0.15) is 23.1 Å². The number of nitrogens with one attached hydrogen (secondary N) is 2. The van der Waals surface area contributed by atoms with Crippen LogP contribution in [0.3, 0.4) is 0 Å². The predicted molar refractivity (Wildman–Crippen MR) is 106 cm³/mol. The van der Waals surface area contributed by atoms with Crippen molar-refractivity contribution in [3.8, 4) is 11.3 Å². The maximum atomic E-state index is 14.4. The number of aliphatic hydroxyl groups is 1. The quantitative estimate of drug-likeness (QED) is 0.580. The maximum Gasteiger partial charge on any atom is 0.251 e. The van der Waals surface area contributed by atoms with E-state index in [1.165, 1.54) is 18.2 Å². The van der Waals surface area contributed by atoms with Crippen LogP contribution in [0.2, 0.25) is 0 Å². The van der Waals surface area contributed by atoms with Crippen molar-refractivity contribution < 1.29 is 23.1 Å². The van der Waals surface area contributed by atoms with Crippen molar-refractivity contribution in [2.24, 2.45) is 5.92 Å². The van der Waals surface area contributed by atoms with Gasteiger partial charge in [-0.05, 0) is 79.0 Å². The van der Waals surface area contributed by atoms with Crippen LogP contribution >= 0.6 is 0 Å². The Hall–Kier alpha value is -2.80. The van der Waals surface area contributed by atoms with E-state index in [4.69, 9.17) is 0 Å². The maximum absolute atomic E-state index is 14.4. The van der Waals surface area contributed by atoms with Crippen LogP contribution in [-0.2, 0) is 4.79 Å². The zero-order valence-electron chi connectivity index (χ0n) is 16.1. The molecular weight excluding hydrogens is 393 g/mol. The van der Waals surface area contributed by atoms with Gasteiger partial charge in [-0.2, -0.15) is 0 Å². The molecule has 2 aromatic carbocycles. The minimum atomic E-state index is -1.19. The molecule has 1 amide bonds. The molecule has 156 valence electrons. The molecule has 2 aliphatic carbocycles. The Labute approximate surface area is 171 Å². The first-order valence-electron chi connectivity index (χ1n) is 10.1. The van der Waals surface area contributed by atoms with Gasteiger partial charge in [0.15, 0.2) is 0 Å². The Bertz CT molecular complexity index is 1130. The Morgan fingerprint density at radius 3 is 2.47 bits per heavy atom. The van der Waals surface area contributed by atoms with Gasteiger partial charge in [0.05, 0.1) is 11.2 Å². The topological polar surface area (TPSA) is 65.1 Å². The van der Waals surface area contributed by atoms with Crippen molar-refractivity contribution in [1.29, 1.82) is 0 Å². The van der Waals surface area contributed by atoms with Crippen LogP contribution in [0, 0.1) is 23.4 Å². The van der Waals surface area contributed by atoms with Gasteiger partial charge in [0.2, 0.25) is 0 Å². The number of hydrogen-bond donors (Lipinski definition) is 3. The fraction of sp³-hybridized carbons (Fsp3) is 0.348. The molecule has 3 aromatic rings. The van der Waals surface area contributed by atoms with E-state index < -0.39 is 17.2 Å². The molecule has 0 spiro atoms. The van der Waals surface area contributed by atoms with Gasteiger partial charge >= 0.3 is 0 Å². The van der Waals surface area contributed by atoms with Gasteiger partial charge in [-0.1, -0.05) is 0 Å². The number of fused-ring (bicyclic) bond motifs is 1. The van der Waals surface area contributed by atoms with Crippen LogP contribution in [0.15, 0.2) is 36.4 Å². The highest BCUT2D eigenvalue weighted by Gasteiger charge is 2.48. The standard InChI is InChI=1S/C23H21F3N2O2/c24-15-3-1-13(2-4-15)20-19(17-9-16(25)10-18(26)21(17)28-20)14-7-12(8-14)11-27-22(29)23(30)5-6-23/h1-4,9-10,12,14,28,30H,5-8,11H2,(H,27,29). The van der Waals surface area contributed by atoms with Crippen LogP contribution in [0.25, 0.3) is 22.2 Å². The summed E-state index contributed by atoms with van der Waals surface area (Å²) in [5, 5.41) is 13.1. The molecule has 0 saturated heterocycles. The van der Waals surface area contributed by atoms with Gasteiger partial charge < -0.3 is 15.4 Å². The molecule has 1 aromatic heterocycles. The number of amides is 1. The minimum absolute atomic E-state index is 0.0610. The molecule has 7 heteroatoms. The van der Waals surface area contributed by atoms with Crippen molar-refractivity contribution in [3.05, 3.63) is 59.4 Å². The second-order valence-electron chi connectivity index (χ2n) is 8.51. The number of hydrogen-bond acceptors (Lipinski definition) is 2. The highest BCUT2D eigenvalue weighted by atomic mass is 19.1. The molecule has 4 nitrogen and oxygen atoms in total. The molecule has 2 saturated carbocycles. The van der Waals surface area contributed by atoms with Crippen LogP contribution in [0.4, 0.5) is 13.2 Å². The summed E-state index contributed by atoms with van der Waals surface area (Å²) in [6.45, 7) is 0.467. The van der Waals surface area contributed by atoms with Crippen molar-refractivity contribution in [3.63, 3.8) is 0 Å². The largest absolute Gasteiger partial charge is 0.380 e. The third-order valence-electron chi connectivity index (χ3n) is 6.34. The molecule has 0 radical (unpaired) electrons. The number of aromatic nitrogens is 1. The average molecular weight is 414 g/mol. The van der Waals surface area contributed by atoms with E-state index in [-0.39, 0.29) is 29.1 Å². The van der Waals surface area contributed by atoms with Crippen molar-refractivity contribution >= 4 is 16.8 Å². The van der Waals surface area contributed by atoms with E-state index >= 15 is 0 Å². The van der Waals surface area contributed by atoms with E-state index in [1.807, 2.05) is 0 Å². The second-order valence-corrected chi connectivity index (χ2v) is 8.51. The minimum Gasteiger partial charge on any atom is -0.380 e. The summed E-state index contributed by atoms with van der Waals surface area (Å²) in [6.07, 6.45) is 2.50. The molecule has 3 N–H and O–H groups in total. The number of rotatable bonds is 5. The second kappa shape index (κ2) is 6.87. The normalized spacial score (nSPS) is 22.0. The molecule has 2 fully saturated rings. The van der Waals surface area contributed by atoms with Gasteiger partial charge in [-0.3, -0.25) is 4.79 Å². The van der Waals surface area contributed by atoms with E-state index in [1.54, 1.807) is 12.1 Å². The Balaban J connectivity index is 1.42. The summed E-state index contributed by atoms with van der Waals surface area (Å²) in [6, 6.07) is 8.08. The van der Waals surface area contributed by atoms with Gasteiger partial charge in [-0.25, -0.2) is 13.2 Å². The zero-order valence-corrected chi connectivity index (χ0v) is 16.1. The lowest BCUT2D eigenvalue weighted by Crippen LogP contribution is -2.41. The molecule has 5 rings (SSSR count). The Morgan fingerprint density at radius 2 is 1.80 bits per heavy atom. The van der Waals surface area contributed by atoms with Gasteiger partial charge in [-0.15, -0.1) is 0 Å². The first-order chi connectivity index (χ1) is 14.3. The number of carbonyl (C=O) groups is 1. The summed E-state index contributed by atoms with van der Waals surface area (Å²) in [5.74, 6) is -1.72. The lowest BCUT2D eigenvalue weighted by Gasteiger charge is -2.36. The zero-order chi connectivity index (χ0) is 21.0. The Kier molecular flexibility index (Phi) is 4.39. The molecule has 0 atom stereocenters. The molecule has 0 bridgehead atoms. The summed E-state index contributed by atoms with van der Waals surface area (Å²) in [4.78, 5) is 15.0. The van der Waals surface area contributed by atoms with Crippen molar-refractivity contribution in [2.45, 2.75) is 37.2 Å². The van der Waals surface area contributed by atoms with Crippen molar-refractivity contribution in [2.75, 3.05) is 6.54 Å². The number of H-pyrrole nitrogens is 1. The SMILES string of the molecule is O=C(NCC1CC(c2c(-c3ccc(F)cc3)[nH]c3c(F)cc(F)cc23)C1)C1(O)CC1. The fourth-order valence-corrected chi connectivity index (χ4v) is 4.39. The van der Waals surface area contributed by atoms with E-state index in [2.05, 4.69) is 10.3 Å². The number of halogens is 3. The van der Waals surface area contributed by atoms with Crippen LogP contribution in [0.5, 0.6) is 0 Å². The van der Waals surface area contributed by atoms with Crippen LogP contribution in [0.1, 0.15) is 37.2 Å². The summed E-state index contributed by atoms with van der Waals surface area (Å²) in [7, 11) is 0. The lowest BCUT2D eigenvalue weighted by atomic mass is 9.70. The number of aromatic amines is 1. The molecule has 0 aliphatic heterocycles. The van der Waals surface area contributed by atoms with Gasteiger partial charge in [0, 0.05) is 18.0 Å². The van der Waals surface area contributed by atoms with Crippen molar-refractivity contribution in [1.82, 2.24) is 10.3 Å². The predicted octanol–water partition coefficient (Wildman–Crippen LogP) is 4.39. The third kappa shape index (κ3) is 3.27. The number of benzene rings is 2. The number of carbonyl (C=O) groups excluding carboxylic acids is 1. The smallest absolute Gasteiger partial charge is 0.251 e. The summed E-state index contributed by atoms with van der Waals surface area (Å²) >= 11 is 0.